The summed E-state index contributed by atoms with van der Waals surface area (Å²) < 4.78 is 9.44. The van der Waals surface area contributed by atoms with E-state index >= 15 is 0 Å². The maximum absolute atomic E-state index is 11.4. The fourth-order valence-corrected chi connectivity index (χ4v) is 1.16. The van der Waals surface area contributed by atoms with Gasteiger partial charge in [-0.25, -0.2) is 0 Å². The number of carbonyl (C=O) groups is 3. The summed E-state index contributed by atoms with van der Waals surface area (Å²) in [6, 6.07) is 0. The molecule has 0 unspecified atom stereocenters. The molecule has 0 rings (SSSR count). The van der Waals surface area contributed by atoms with Crippen LogP contribution in [-0.2, 0) is 23.9 Å². The molecule has 0 fully saturated rings. The summed E-state index contributed by atoms with van der Waals surface area (Å²) >= 11 is 0. The zero-order chi connectivity index (χ0) is 13.5. The average molecular weight is 244 g/mol. The van der Waals surface area contributed by atoms with E-state index in [-0.39, 0.29) is 19.4 Å². The fraction of sp³-hybridized carbons (Fsp3) is 0.750. The lowest BCUT2D eigenvalue weighted by molar-refractivity contribution is -0.162. The van der Waals surface area contributed by atoms with Crippen molar-refractivity contribution in [1.29, 1.82) is 0 Å². The summed E-state index contributed by atoms with van der Waals surface area (Å²) in [5, 5.41) is 0. The normalized spacial score (nSPS) is 10.8. The Morgan fingerprint density at radius 3 is 2.18 bits per heavy atom. The third-order valence-electron chi connectivity index (χ3n) is 1.97. The van der Waals surface area contributed by atoms with E-state index in [1.54, 1.807) is 13.8 Å². The van der Waals surface area contributed by atoms with E-state index in [9.17, 15) is 14.4 Å². The number of ether oxygens (including phenoxy) is 2. The van der Waals surface area contributed by atoms with E-state index in [2.05, 4.69) is 4.74 Å². The Bertz CT molecular complexity index is 293. The molecule has 0 aliphatic heterocycles. The monoisotopic (exact) mass is 244 g/mol. The lowest BCUT2D eigenvalue weighted by Gasteiger charge is -2.22. The van der Waals surface area contributed by atoms with Gasteiger partial charge < -0.3 is 9.47 Å². The quantitative estimate of drug-likeness (QED) is 0.526. The van der Waals surface area contributed by atoms with Gasteiger partial charge in [0.15, 0.2) is 0 Å². The molecule has 0 aromatic rings. The van der Waals surface area contributed by atoms with Gasteiger partial charge in [0, 0.05) is 18.8 Å². The van der Waals surface area contributed by atoms with Crippen LogP contribution in [0.2, 0.25) is 0 Å². The second kappa shape index (κ2) is 7.04. The third-order valence-corrected chi connectivity index (χ3v) is 1.97. The SMILES string of the molecule is CCCC(=O)OC(=O)CC(C)(C)COC(C)=O. The molecule has 0 amide bonds. The minimum atomic E-state index is -0.583. The Labute approximate surface area is 101 Å². The van der Waals surface area contributed by atoms with E-state index in [1.807, 2.05) is 6.92 Å². The molecule has 0 N–H and O–H groups in total. The van der Waals surface area contributed by atoms with E-state index < -0.39 is 23.3 Å². The van der Waals surface area contributed by atoms with E-state index in [4.69, 9.17) is 4.74 Å². The largest absolute Gasteiger partial charge is 0.465 e. The molecule has 0 aromatic heterocycles. The Hall–Kier alpha value is -1.39. The van der Waals surface area contributed by atoms with E-state index in [0.717, 1.165) is 0 Å². The highest BCUT2D eigenvalue weighted by atomic mass is 16.6. The number of rotatable bonds is 6. The molecule has 0 aromatic carbocycles. The second-order valence-electron chi connectivity index (χ2n) is 4.72. The molecule has 17 heavy (non-hydrogen) atoms. The molecule has 5 nitrogen and oxygen atoms in total. The molecule has 0 spiro atoms. The topological polar surface area (TPSA) is 69.7 Å². The van der Waals surface area contributed by atoms with Gasteiger partial charge >= 0.3 is 17.9 Å². The Kier molecular flexibility index (Phi) is 6.46. The molecule has 0 bridgehead atoms. The smallest absolute Gasteiger partial charge is 0.314 e. The van der Waals surface area contributed by atoms with Gasteiger partial charge in [-0.1, -0.05) is 20.8 Å². The van der Waals surface area contributed by atoms with Gasteiger partial charge in [0.2, 0.25) is 0 Å². The first-order valence-electron chi connectivity index (χ1n) is 5.63. The number of hydrogen-bond donors (Lipinski definition) is 0. The van der Waals surface area contributed by atoms with Crippen molar-refractivity contribution in [2.45, 2.75) is 47.0 Å². The average Bonchev–Trinajstić information content (AvgIpc) is 2.14. The molecular formula is C12H20O5. The standard InChI is InChI=1S/C12H20O5/c1-5-6-10(14)17-11(15)7-12(3,4)8-16-9(2)13/h5-8H2,1-4H3. The van der Waals surface area contributed by atoms with Crippen LogP contribution in [0, 0.1) is 5.41 Å². The fourth-order valence-electron chi connectivity index (χ4n) is 1.16. The van der Waals surface area contributed by atoms with Crippen LogP contribution in [0.25, 0.3) is 0 Å². The molecule has 0 radical (unpaired) electrons. The van der Waals surface area contributed by atoms with Crippen LogP contribution in [0.1, 0.15) is 47.0 Å². The van der Waals surface area contributed by atoms with Gasteiger partial charge in [-0.15, -0.1) is 0 Å². The second-order valence-corrected chi connectivity index (χ2v) is 4.72. The molecule has 0 aliphatic carbocycles. The van der Waals surface area contributed by atoms with Crippen molar-refractivity contribution in [2.75, 3.05) is 6.61 Å². The van der Waals surface area contributed by atoms with Crippen LogP contribution < -0.4 is 0 Å². The molecule has 0 saturated heterocycles. The van der Waals surface area contributed by atoms with Crippen LogP contribution in [0.3, 0.4) is 0 Å². The van der Waals surface area contributed by atoms with E-state index in [0.29, 0.717) is 6.42 Å². The first-order chi connectivity index (χ1) is 7.76. The van der Waals surface area contributed by atoms with Gasteiger partial charge in [0.05, 0.1) is 13.0 Å². The molecule has 0 aliphatic rings. The highest BCUT2D eigenvalue weighted by molar-refractivity contribution is 5.85. The highest BCUT2D eigenvalue weighted by Crippen LogP contribution is 2.21. The van der Waals surface area contributed by atoms with Gasteiger partial charge in [0.25, 0.3) is 0 Å². The predicted octanol–water partition coefficient (Wildman–Crippen LogP) is 1.84. The summed E-state index contributed by atoms with van der Waals surface area (Å²) in [5.74, 6) is -1.49. The van der Waals surface area contributed by atoms with Crippen LogP contribution >= 0.6 is 0 Å². The van der Waals surface area contributed by atoms with E-state index in [1.165, 1.54) is 6.92 Å². The maximum Gasteiger partial charge on any atom is 0.314 e. The van der Waals surface area contributed by atoms with Crippen molar-refractivity contribution in [1.82, 2.24) is 0 Å². The number of esters is 3. The maximum atomic E-state index is 11.4. The molecule has 5 heteroatoms. The summed E-state index contributed by atoms with van der Waals surface area (Å²) in [6.45, 7) is 6.79. The van der Waals surface area contributed by atoms with Crippen LogP contribution in [-0.4, -0.2) is 24.5 Å². The van der Waals surface area contributed by atoms with Gasteiger partial charge in [0.1, 0.15) is 0 Å². The Balaban J connectivity index is 4.08. The molecule has 0 heterocycles. The van der Waals surface area contributed by atoms with Gasteiger partial charge in [-0.05, 0) is 6.42 Å². The number of hydrogen-bond acceptors (Lipinski definition) is 5. The predicted molar refractivity (Wildman–Crippen MR) is 61.0 cm³/mol. The van der Waals surface area contributed by atoms with Crippen LogP contribution in [0.15, 0.2) is 0 Å². The zero-order valence-electron chi connectivity index (χ0n) is 10.9. The lowest BCUT2D eigenvalue weighted by Crippen LogP contribution is -2.26. The molecule has 0 saturated carbocycles. The first-order valence-corrected chi connectivity index (χ1v) is 5.63. The zero-order valence-corrected chi connectivity index (χ0v) is 10.9. The van der Waals surface area contributed by atoms with Crippen molar-refractivity contribution < 1.29 is 23.9 Å². The summed E-state index contributed by atoms with van der Waals surface area (Å²) in [7, 11) is 0. The summed E-state index contributed by atoms with van der Waals surface area (Å²) in [6.07, 6.45) is 0.912. The molecule has 0 atom stereocenters. The van der Waals surface area contributed by atoms with Crippen LogP contribution in [0.4, 0.5) is 0 Å². The van der Waals surface area contributed by atoms with Crippen molar-refractivity contribution in [3.8, 4) is 0 Å². The summed E-state index contributed by atoms with van der Waals surface area (Å²) in [4.78, 5) is 33.1. The minimum absolute atomic E-state index is 0.0374. The van der Waals surface area contributed by atoms with Crippen molar-refractivity contribution in [2.24, 2.45) is 5.41 Å². The Morgan fingerprint density at radius 2 is 1.71 bits per heavy atom. The van der Waals surface area contributed by atoms with Crippen molar-refractivity contribution >= 4 is 17.9 Å². The highest BCUT2D eigenvalue weighted by Gasteiger charge is 2.25. The lowest BCUT2D eigenvalue weighted by atomic mass is 9.90. The molecule has 98 valence electrons. The molecular weight excluding hydrogens is 224 g/mol. The number of carbonyl (C=O) groups excluding carboxylic acids is 3. The van der Waals surface area contributed by atoms with Gasteiger partial charge in [-0.2, -0.15) is 0 Å². The van der Waals surface area contributed by atoms with Crippen LogP contribution in [0.5, 0.6) is 0 Å². The first kappa shape index (κ1) is 15.6. The van der Waals surface area contributed by atoms with Crippen molar-refractivity contribution in [3.63, 3.8) is 0 Å². The van der Waals surface area contributed by atoms with Gasteiger partial charge in [-0.3, -0.25) is 14.4 Å². The summed E-state index contributed by atoms with van der Waals surface area (Å²) in [5.41, 5.74) is -0.532. The van der Waals surface area contributed by atoms with Crippen molar-refractivity contribution in [3.05, 3.63) is 0 Å². The third kappa shape index (κ3) is 8.42. The Morgan fingerprint density at radius 1 is 1.12 bits per heavy atom. The minimum Gasteiger partial charge on any atom is -0.465 e.